The second-order valence-electron chi connectivity index (χ2n) is 4.11. The zero-order valence-corrected chi connectivity index (χ0v) is 11.9. The molecular weight excluding hydrogens is 268 g/mol. The standard InChI is InChI=1S/C12H15ClN4S/c1-3-17-11(15-16-12(17)18)7-14-9-5-4-8(2)10(13)6-9/h4-6,11,14H,3,7H2,1-2H3. The average Bonchev–Trinajstić information content (AvgIpc) is 2.71. The average molecular weight is 283 g/mol. The Hall–Kier alpha value is -1.20. The van der Waals surface area contributed by atoms with Gasteiger partial charge in [0.1, 0.15) is 0 Å². The number of aryl methyl sites for hydroxylation is 1. The fourth-order valence-electron chi connectivity index (χ4n) is 1.77. The number of benzene rings is 1. The van der Waals surface area contributed by atoms with Crippen LogP contribution in [0.15, 0.2) is 28.4 Å². The predicted octanol–water partition coefficient (Wildman–Crippen LogP) is 3.46. The molecule has 4 nitrogen and oxygen atoms in total. The zero-order chi connectivity index (χ0) is 13.1. The summed E-state index contributed by atoms with van der Waals surface area (Å²) in [6, 6.07) is 5.91. The van der Waals surface area contributed by atoms with Crippen molar-refractivity contribution in [3.63, 3.8) is 0 Å². The van der Waals surface area contributed by atoms with E-state index in [0.717, 1.165) is 22.8 Å². The van der Waals surface area contributed by atoms with E-state index in [1.165, 1.54) is 0 Å². The maximum atomic E-state index is 6.08. The van der Waals surface area contributed by atoms with E-state index in [-0.39, 0.29) is 6.17 Å². The molecule has 0 amide bonds. The Kier molecular flexibility index (Phi) is 4.14. The summed E-state index contributed by atoms with van der Waals surface area (Å²) in [5.74, 6) is 0. The highest BCUT2D eigenvalue weighted by Gasteiger charge is 2.24. The van der Waals surface area contributed by atoms with Crippen LogP contribution < -0.4 is 5.32 Å². The summed E-state index contributed by atoms with van der Waals surface area (Å²) in [6.07, 6.45) is -0.0254. The minimum absolute atomic E-state index is 0.0254. The van der Waals surface area contributed by atoms with Crippen LogP contribution in [0.25, 0.3) is 0 Å². The molecule has 0 bridgehead atoms. The van der Waals surface area contributed by atoms with Gasteiger partial charge in [-0.25, -0.2) is 0 Å². The summed E-state index contributed by atoms with van der Waals surface area (Å²) < 4.78 is 0. The molecule has 0 fully saturated rings. The Morgan fingerprint density at radius 1 is 1.50 bits per heavy atom. The summed E-state index contributed by atoms with van der Waals surface area (Å²) in [5, 5.41) is 12.7. The zero-order valence-electron chi connectivity index (χ0n) is 10.4. The minimum Gasteiger partial charge on any atom is -0.381 e. The molecule has 1 atom stereocenters. The van der Waals surface area contributed by atoms with Crippen molar-refractivity contribution in [3.05, 3.63) is 28.8 Å². The van der Waals surface area contributed by atoms with Crippen molar-refractivity contribution in [2.75, 3.05) is 18.4 Å². The van der Waals surface area contributed by atoms with Gasteiger partial charge in [-0.1, -0.05) is 17.7 Å². The molecule has 1 heterocycles. The van der Waals surface area contributed by atoms with Crippen LogP contribution in [0.2, 0.25) is 5.02 Å². The number of rotatable bonds is 4. The number of thiocarbonyl (C=S) groups is 1. The van der Waals surface area contributed by atoms with Crippen molar-refractivity contribution in [1.82, 2.24) is 4.90 Å². The maximum Gasteiger partial charge on any atom is 0.217 e. The van der Waals surface area contributed by atoms with Gasteiger partial charge >= 0.3 is 0 Å². The lowest BCUT2D eigenvalue weighted by molar-refractivity contribution is 0.368. The molecular formula is C12H15ClN4S. The second kappa shape index (κ2) is 5.63. The molecule has 6 heteroatoms. The molecule has 96 valence electrons. The highest BCUT2D eigenvalue weighted by molar-refractivity contribution is 7.80. The van der Waals surface area contributed by atoms with Crippen molar-refractivity contribution >= 4 is 34.6 Å². The molecule has 0 saturated carbocycles. The van der Waals surface area contributed by atoms with Gasteiger partial charge < -0.3 is 10.2 Å². The third-order valence-corrected chi connectivity index (χ3v) is 3.61. The molecule has 1 aliphatic rings. The van der Waals surface area contributed by atoms with Crippen LogP contribution in [-0.4, -0.2) is 29.3 Å². The number of nitrogens with zero attached hydrogens (tertiary/aromatic N) is 3. The van der Waals surface area contributed by atoms with Gasteiger partial charge in [-0.2, -0.15) is 5.11 Å². The van der Waals surface area contributed by atoms with Gasteiger partial charge in [-0.3, -0.25) is 0 Å². The smallest absolute Gasteiger partial charge is 0.217 e. The number of halogens is 1. The van der Waals surface area contributed by atoms with Gasteiger partial charge in [0.05, 0.1) is 6.54 Å². The first kappa shape index (κ1) is 13.2. The lowest BCUT2D eigenvalue weighted by Crippen LogP contribution is -2.37. The number of likely N-dealkylation sites (N-methyl/N-ethyl adjacent to an activating group) is 1. The van der Waals surface area contributed by atoms with Crippen molar-refractivity contribution in [2.24, 2.45) is 10.2 Å². The lowest BCUT2D eigenvalue weighted by Gasteiger charge is -2.21. The number of azo groups is 1. The highest BCUT2D eigenvalue weighted by atomic mass is 35.5. The Morgan fingerprint density at radius 3 is 2.94 bits per heavy atom. The van der Waals surface area contributed by atoms with Gasteiger partial charge in [0, 0.05) is 17.3 Å². The molecule has 2 rings (SSSR count). The molecule has 0 spiro atoms. The number of nitrogens with one attached hydrogen (secondary N) is 1. The molecule has 1 aliphatic heterocycles. The quantitative estimate of drug-likeness (QED) is 0.860. The topological polar surface area (TPSA) is 40.0 Å². The fraction of sp³-hybridized carbons (Fsp3) is 0.417. The molecule has 1 N–H and O–H groups in total. The first-order valence-corrected chi connectivity index (χ1v) is 6.62. The summed E-state index contributed by atoms with van der Waals surface area (Å²) in [7, 11) is 0. The van der Waals surface area contributed by atoms with Crippen molar-refractivity contribution in [1.29, 1.82) is 0 Å². The maximum absolute atomic E-state index is 6.08. The van der Waals surface area contributed by atoms with Crippen molar-refractivity contribution in [2.45, 2.75) is 20.0 Å². The van der Waals surface area contributed by atoms with Crippen LogP contribution in [0.4, 0.5) is 5.69 Å². The largest absolute Gasteiger partial charge is 0.381 e. The first-order chi connectivity index (χ1) is 8.61. The van der Waals surface area contributed by atoms with Crippen LogP contribution in [0, 0.1) is 6.92 Å². The van der Waals surface area contributed by atoms with E-state index in [1.807, 2.05) is 36.9 Å². The normalized spacial score (nSPS) is 18.5. The number of hydrogen-bond acceptors (Lipinski definition) is 3. The van der Waals surface area contributed by atoms with Crippen LogP contribution in [0.3, 0.4) is 0 Å². The predicted molar refractivity (Wildman–Crippen MR) is 78.3 cm³/mol. The van der Waals surface area contributed by atoms with Crippen LogP contribution in [0.5, 0.6) is 0 Å². The van der Waals surface area contributed by atoms with E-state index in [1.54, 1.807) is 0 Å². The van der Waals surface area contributed by atoms with Gasteiger partial charge in [-0.15, -0.1) is 5.11 Å². The van der Waals surface area contributed by atoms with Crippen LogP contribution in [0.1, 0.15) is 12.5 Å². The van der Waals surface area contributed by atoms with Gasteiger partial charge in [0.2, 0.25) is 5.11 Å². The number of hydrogen-bond donors (Lipinski definition) is 1. The molecule has 0 aliphatic carbocycles. The van der Waals surface area contributed by atoms with E-state index in [4.69, 9.17) is 23.8 Å². The lowest BCUT2D eigenvalue weighted by atomic mass is 10.2. The Morgan fingerprint density at radius 2 is 2.28 bits per heavy atom. The minimum atomic E-state index is -0.0254. The molecule has 1 aromatic carbocycles. The molecule has 1 aromatic rings. The summed E-state index contributed by atoms with van der Waals surface area (Å²) in [4.78, 5) is 1.98. The Balaban J connectivity index is 1.97. The summed E-state index contributed by atoms with van der Waals surface area (Å²) in [6.45, 7) is 5.50. The van der Waals surface area contributed by atoms with E-state index in [2.05, 4.69) is 15.5 Å². The van der Waals surface area contributed by atoms with E-state index < -0.39 is 0 Å². The molecule has 0 saturated heterocycles. The summed E-state index contributed by atoms with van der Waals surface area (Å²) >= 11 is 11.2. The SMILES string of the molecule is CCN1C(=S)N=NC1CNc1ccc(C)c(Cl)c1. The van der Waals surface area contributed by atoms with Gasteiger partial charge in [0.15, 0.2) is 6.17 Å². The van der Waals surface area contributed by atoms with Crippen molar-refractivity contribution < 1.29 is 0 Å². The summed E-state index contributed by atoms with van der Waals surface area (Å²) in [5.41, 5.74) is 2.05. The fourth-order valence-corrected chi connectivity index (χ4v) is 2.25. The molecule has 18 heavy (non-hydrogen) atoms. The third-order valence-electron chi connectivity index (χ3n) is 2.88. The Bertz CT molecular complexity index is 489. The van der Waals surface area contributed by atoms with E-state index in [0.29, 0.717) is 11.7 Å². The monoisotopic (exact) mass is 282 g/mol. The van der Waals surface area contributed by atoms with Gasteiger partial charge in [-0.05, 0) is 43.8 Å². The van der Waals surface area contributed by atoms with Crippen LogP contribution >= 0.6 is 23.8 Å². The van der Waals surface area contributed by atoms with Crippen molar-refractivity contribution in [3.8, 4) is 0 Å². The molecule has 1 unspecified atom stereocenters. The highest BCUT2D eigenvalue weighted by Crippen LogP contribution is 2.21. The van der Waals surface area contributed by atoms with E-state index >= 15 is 0 Å². The third kappa shape index (κ3) is 2.79. The van der Waals surface area contributed by atoms with E-state index in [9.17, 15) is 0 Å². The Labute approximate surface area is 117 Å². The second-order valence-corrected chi connectivity index (χ2v) is 4.88. The number of anilines is 1. The molecule has 0 radical (unpaired) electrons. The van der Waals surface area contributed by atoms with Crippen LogP contribution in [-0.2, 0) is 0 Å². The van der Waals surface area contributed by atoms with Gasteiger partial charge in [0.25, 0.3) is 0 Å². The molecule has 0 aromatic heterocycles. The first-order valence-electron chi connectivity index (χ1n) is 5.83.